The number of carbonyl (C=O) groups excluding carboxylic acids is 1. The molecule has 0 aliphatic carbocycles. The van der Waals surface area contributed by atoms with Gasteiger partial charge in [-0.05, 0) is 38.1 Å². The molecule has 2 unspecified atom stereocenters. The van der Waals surface area contributed by atoms with Gasteiger partial charge in [-0.1, -0.05) is 13.8 Å². The van der Waals surface area contributed by atoms with E-state index in [2.05, 4.69) is 5.32 Å². The lowest BCUT2D eigenvalue weighted by Gasteiger charge is -2.28. The van der Waals surface area contributed by atoms with Gasteiger partial charge in [0.2, 0.25) is 5.91 Å². The smallest absolute Gasteiger partial charge is 0.351 e. The first-order valence-electron chi connectivity index (χ1n) is 7.99. The summed E-state index contributed by atoms with van der Waals surface area (Å²) in [7, 11) is -4.41. The molecule has 0 rings (SSSR count). The van der Waals surface area contributed by atoms with Crippen LogP contribution < -0.4 is 11.1 Å². The summed E-state index contributed by atoms with van der Waals surface area (Å²) < 4.78 is 17.5. The van der Waals surface area contributed by atoms with Gasteiger partial charge in [-0.15, -0.1) is 0 Å². The number of nitrogens with two attached hydrogens (primary N) is 1. The first kappa shape index (κ1) is 23.0. The molecule has 6 N–H and O–H groups in total. The van der Waals surface area contributed by atoms with Crippen LogP contribution in [-0.4, -0.2) is 52.0 Å². The van der Waals surface area contributed by atoms with Gasteiger partial charge in [0.15, 0.2) is 6.10 Å². The Morgan fingerprint density at radius 2 is 1.88 bits per heavy atom. The molecular formula is C14H29N2O7P. The van der Waals surface area contributed by atoms with Crippen molar-refractivity contribution in [1.29, 1.82) is 0 Å². The Hall–Kier alpha value is -0.990. The molecule has 0 fully saturated rings. The topological polar surface area (TPSA) is 159 Å². The molecule has 0 aliphatic heterocycles. The zero-order chi connectivity index (χ0) is 18.8. The van der Waals surface area contributed by atoms with E-state index in [1.807, 2.05) is 0 Å². The number of nitrogens with one attached hydrogen (secondary N) is 1. The largest absolute Gasteiger partial charge is 0.479 e. The van der Waals surface area contributed by atoms with E-state index in [1.165, 1.54) is 0 Å². The predicted molar refractivity (Wildman–Crippen MR) is 88.3 cm³/mol. The lowest BCUT2D eigenvalue weighted by atomic mass is 10.1. The van der Waals surface area contributed by atoms with Gasteiger partial charge in [0.05, 0.1) is 0 Å². The minimum absolute atomic E-state index is 0.00141. The lowest BCUT2D eigenvalue weighted by Crippen LogP contribution is -2.40. The molecule has 0 bridgehead atoms. The normalized spacial score (nSPS) is 16.4. The summed E-state index contributed by atoms with van der Waals surface area (Å²) >= 11 is 0. The summed E-state index contributed by atoms with van der Waals surface area (Å²) in [5, 5.41) is 20.3. The molecule has 0 saturated heterocycles. The molecule has 0 aromatic carbocycles. The second kappa shape index (κ2) is 11.5. The highest BCUT2D eigenvalue weighted by Gasteiger charge is 2.39. The molecule has 0 spiro atoms. The number of hydrogen-bond donors (Lipinski definition) is 5. The van der Waals surface area contributed by atoms with Gasteiger partial charge in [0.25, 0.3) is 0 Å². The molecule has 0 radical (unpaired) electrons. The Kier molecular flexibility index (Phi) is 11.1. The maximum absolute atomic E-state index is 12.5. The van der Waals surface area contributed by atoms with Crippen molar-refractivity contribution >= 4 is 19.5 Å². The highest BCUT2D eigenvalue weighted by Crippen LogP contribution is 2.50. The maximum atomic E-state index is 12.5. The molecular weight excluding hydrogens is 339 g/mol. The minimum Gasteiger partial charge on any atom is -0.479 e. The zero-order valence-corrected chi connectivity index (χ0v) is 15.1. The monoisotopic (exact) mass is 368 g/mol. The Balaban J connectivity index is 4.98. The van der Waals surface area contributed by atoms with Gasteiger partial charge in [-0.3, -0.25) is 13.9 Å². The Morgan fingerprint density at radius 1 is 1.25 bits per heavy atom. The number of carboxylic acid groups (broad SMARTS) is 1. The van der Waals surface area contributed by atoms with Crippen molar-refractivity contribution in [3.63, 3.8) is 0 Å². The van der Waals surface area contributed by atoms with E-state index in [-0.39, 0.29) is 25.9 Å². The summed E-state index contributed by atoms with van der Waals surface area (Å²) in [6.07, 6.45) is -0.136. The van der Waals surface area contributed by atoms with Gasteiger partial charge >= 0.3 is 13.6 Å². The fourth-order valence-corrected chi connectivity index (χ4v) is 3.80. The summed E-state index contributed by atoms with van der Waals surface area (Å²) in [4.78, 5) is 33.2. The fourth-order valence-electron chi connectivity index (χ4n) is 2.04. The van der Waals surface area contributed by atoms with E-state index in [0.29, 0.717) is 19.4 Å². The number of carboxylic acids is 1. The number of aliphatic carboxylic acids is 1. The van der Waals surface area contributed by atoms with Gasteiger partial charge in [-0.25, -0.2) is 4.79 Å². The van der Waals surface area contributed by atoms with Crippen molar-refractivity contribution in [1.82, 2.24) is 5.32 Å². The Labute approximate surface area is 142 Å². The van der Waals surface area contributed by atoms with Gasteiger partial charge in [0, 0.05) is 13.0 Å². The standard InChI is InChI=1S/C14H29N2O7P/c1-10(2)13(16-12(18)7-5-9-17)24(21,22)23-11(14(19)20)6-3-4-8-15/h10-11,13,17H,3-9,15H2,1-2H3,(H,16,18)(H,19,20)(H,21,22)/t11-,13?/m0/s1. The van der Waals surface area contributed by atoms with Crippen LogP contribution in [0.2, 0.25) is 0 Å². The predicted octanol–water partition coefficient (Wildman–Crippen LogP) is 0.641. The van der Waals surface area contributed by atoms with Gasteiger partial charge in [0.1, 0.15) is 5.78 Å². The molecule has 24 heavy (non-hydrogen) atoms. The Bertz CT molecular complexity index is 445. The van der Waals surface area contributed by atoms with Crippen LogP contribution in [0.5, 0.6) is 0 Å². The molecule has 3 atom stereocenters. The minimum atomic E-state index is -4.41. The summed E-state index contributed by atoms with van der Waals surface area (Å²) in [6, 6.07) is 0. The first-order valence-corrected chi connectivity index (χ1v) is 9.64. The second-order valence-corrected chi connectivity index (χ2v) is 7.76. The van der Waals surface area contributed by atoms with Crippen molar-refractivity contribution in [2.45, 2.75) is 57.8 Å². The van der Waals surface area contributed by atoms with E-state index in [1.54, 1.807) is 13.8 Å². The number of rotatable bonds is 13. The highest BCUT2D eigenvalue weighted by molar-refractivity contribution is 7.53. The molecule has 1 amide bonds. The van der Waals surface area contributed by atoms with Crippen molar-refractivity contribution in [2.75, 3.05) is 13.2 Å². The third-order valence-electron chi connectivity index (χ3n) is 3.33. The molecule has 142 valence electrons. The van der Waals surface area contributed by atoms with E-state index in [4.69, 9.17) is 20.5 Å². The van der Waals surface area contributed by atoms with Crippen LogP contribution in [0.3, 0.4) is 0 Å². The first-order chi connectivity index (χ1) is 11.2. The molecule has 10 heteroatoms. The maximum Gasteiger partial charge on any atom is 0.351 e. The molecule has 0 saturated carbocycles. The van der Waals surface area contributed by atoms with Crippen molar-refractivity contribution < 1.29 is 33.8 Å². The summed E-state index contributed by atoms with van der Waals surface area (Å²) in [5.74, 6) is -3.51. The summed E-state index contributed by atoms with van der Waals surface area (Å²) in [5.41, 5.74) is 5.34. The molecule has 0 aliphatic rings. The van der Waals surface area contributed by atoms with E-state index in [9.17, 15) is 19.0 Å². The number of aliphatic hydroxyl groups excluding tert-OH is 1. The van der Waals surface area contributed by atoms with Crippen molar-refractivity contribution in [2.24, 2.45) is 11.7 Å². The van der Waals surface area contributed by atoms with Gasteiger partial charge < -0.3 is 26.2 Å². The molecule has 9 nitrogen and oxygen atoms in total. The number of unbranched alkanes of at least 4 members (excludes halogenated alkanes) is 1. The van der Waals surface area contributed by atoms with E-state index >= 15 is 0 Å². The molecule has 0 heterocycles. The van der Waals surface area contributed by atoms with Crippen LogP contribution in [0.15, 0.2) is 0 Å². The average molecular weight is 368 g/mol. The number of amides is 1. The summed E-state index contributed by atoms with van der Waals surface area (Å²) in [6.45, 7) is 3.45. The zero-order valence-electron chi connectivity index (χ0n) is 14.2. The lowest BCUT2D eigenvalue weighted by molar-refractivity contribution is -0.145. The van der Waals surface area contributed by atoms with Crippen LogP contribution in [-0.2, 0) is 18.7 Å². The van der Waals surface area contributed by atoms with Gasteiger partial charge in [-0.2, -0.15) is 0 Å². The Morgan fingerprint density at radius 3 is 2.33 bits per heavy atom. The SMILES string of the molecule is CC(C)C(NC(=O)CCCO)P(=O)(O)O[C@@H](CCCCN)C(=O)O. The number of carbonyl (C=O) groups is 2. The van der Waals surface area contributed by atoms with E-state index in [0.717, 1.165) is 0 Å². The van der Waals surface area contributed by atoms with E-state index < -0.39 is 37.3 Å². The van der Waals surface area contributed by atoms with Crippen LogP contribution in [0.4, 0.5) is 0 Å². The quantitative estimate of drug-likeness (QED) is 0.234. The van der Waals surface area contributed by atoms with Crippen molar-refractivity contribution in [3.8, 4) is 0 Å². The number of hydrogen-bond acceptors (Lipinski definition) is 6. The average Bonchev–Trinajstić information content (AvgIpc) is 2.49. The number of aliphatic hydroxyl groups is 1. The van der Waals surface area contributed by atoms with Crippen LogP contribution >= 0.6 is 7.60 Å². The van der Waals surface area contributed by atoms with Crippen LogP contribution in [0.1, 0.15) is 46.0 Å². The fraction of sp³-hybridized carbons (Fsp3) is 0.857. The van der Waals surface area contributed by atoms with Crippen molar-refractivity contribution in [3.05, 3.63) is 0 Å². The van der Waals surface area contributed by atoms with Crippen LogP contribution in [0.25, 0.3) is 0 Å². The second-order valence-electron chi connectivity index (χ2n) is 5.86. The third-order valence-corrected chi connectivity index (χ3v) is 5.31. The highest BCUT2D eigenvalue weighted by atomic mass is 31.2. The van der Waals surface area contributed by atoms with Crippen LogP contribution in [0, 0.1) is 5.92 Å². The molecule has 0 aromatic rings. The molecule has 0 aromatic heterocycles. The third kappa shape index (κ3) is 8.75.